The molecule has 0 radical (unpaired) electrons. The van der Waals surface area contributed by atoms with Gasteiger partial charge in [-0.05, 0) is 18.2 Å². The van der Waals surface area contributed by atoms with Crippen molar-refractivity contribution in [1.29, 1.82) is 0 Å². The summed E-state index contributed by atoms with van der Waals surface area (Å²) in [7, 11) is -3.11. The lowest BCUT2D eigenvalue weighted by molar-refractivity contribution is -0.119. The zero-order valence-electron chi connectivity index (χ0n) is 11.9. The van der Waals surface area contributed by atoms with Gasteiger partial charge in [0.05, 0.1) is 11.4 Å². The van der Waals surface area contributed by atoms with Crippen molar-refractivity contribution in [2.45, 2.75) is 6.92 Å². The second-order valence-corrected chi connectivity index (χ2v) is 7.44. The number of amides is 1. The van der Waals surface area contributed by atoms with Gasteiger partial charge >= 0.3 is 0 Å². The second-order valence-electron chi connectivity index (χ2n) is 4.74. The molecule has 1 aromatic carbocycles. The molecule has 0 saturated carbocycles. The molecule has 1 rings (SSSR count). The second kappa shape index (κ2) is 7.63. The van der Waals surface area contributed by atoms with Gasteiger partial charge < -0.3 is 15.8 Å². The number of ether oxygens (including phenoxy) is 1. The summed E-state index contributed by atoms with van der Waals surface area (Å²) in [5.41, 5.74) is 5.83. The predicted octanol–water partition coefficient (Wildman–Crippen LogP) is 1.30. The molecule has 0 fully saturated rings. The molecular weight excluding hydrogens is 316 g/mol. The normalized spacial score (nSPS) is 12.8. The Morgan fingerprint density at radius 2 is 2.14 bits per heavy atom. The van der Waals surface area contributed by atoms with E-state index in [1.807, 2.05) is 0 Å². The first-order valence-corrected chi connectivity index (χ1v) is 8.78. The van der Waals surface area contributed by atoms with E-state index in [0.29, 0.717) is 16.5 Å². The van der Waals surface area contributed by atoms with Crippen LogP contribution in [0.4, 0.5) is 5.69 Å². The zero-order chi connectivity index (χ0) is 16.0. The smallest absolute Gasteiger partial charge is 0.228 e. The Bertz CT molecular complexity index is 604. The maximum Gasteiger partial charge on any atom is 0.228 e. The molecule has 8 heteroatoms. The van der Waals surface area contributed by atoms with Crippen LogP contribution in [0.25, 0.3) is 0 Å². The van der Waals surface area contributed by atoms with Crippen molar-refractivity contribution in [3.8, 4) is 5.75 Å². The largest absolute Gasteiger partial charge is 0.490 e. The third-order valence-electron chi connectivity index (χ3n) is 2.71. The Balaban J connectivity index is 2.82. The van der Waals surface area contributed by atoms with Crippen molar-refractivity contribution in [2.75, 3.05) is 30.5 Å². The number of anilines is 1. The van der Waals surface area contributed by atoms with Gasteiger partial charge in [-0.3, -0.25) is 4.79 Å². The van der Waals surface area contributed by atoms with Crippen molar-refractivity contribution in [1.82, 2.24) is 0 Å². The first-order valence-electron chi connectivity index (χ1n) is 6.34. The van der Waals surface area contributed by atoms with Crippen LogP contribution >= 0.6 is 11.6 Å². The maximum atomic E-state index is 11.9. The van der Waals surface area contributed by atoms with Crippen molar-refractivity contribution in [3.63, 3.8) is 0 Å². The van der Waals surface area contributed by atoms with Gasteiger partial charge in [0.15, 0.2) is 9.84 Å². The molecule has 0 bridgehead atoms. The van der Waals surface area contributed by atoms with Crippen LogP contribution in [0.15, 0.2) is 18.2 Å². The van der Waals surface area contributed by atoms with E-state index in [0.717, 1.165) is 6.26 Å². The Labute approximate surface area is 129 Å². The number of nitrogens with two attached hydrogens (primary N) is 1. The van der Waals surface area contributed by atoms with Crippen LogP contribution in [0, 0.1) is 5.92 Å². The Hall–Kier alpha value is -1.31. The van der Waals surface area contributed by atoms with Gasteiger partial charge in [-0.1, -0.05) is 18.5 Å². The number of halogens is 1. The third-order valence-corrected chi connectivity index (χ3v) is 3.86. The van der Waals surface area contributed by atoms with Gasteiger partial charge in [0, 0.05) is 23.7 Å². The fourth-order valence-corrected chi connectivity index (χ4v) is 1.95. The number of carbonyl (C=O) groups is 1. The fraction of sp³-hybridized carbons (Fsp3) is 0.462. The van der Waals surface area contributed by atoms with E-state index >= 15 is 0 Å². The van der Waals surface area contributed by atoms with Crippen molar-refractivity contribution < 1.29 is 17.9 Å². The molecule has 1 unspecified atom stereocenters. The predicted molar refractivity (Wildman–Crippen MR) is 83.5 cm³/mol. The molecule has 118 valence electrons. The Morgan fingerprint density at radius 1 is 1.48 bits per heavy atom. The summed E-state index contributed by atoms with van der Waals surface area (Å²) in [6, 6.07) is 4.71. The first kappa shape index (κ1) is 17.7. The van der Waals surface area contributed by atoms with Gasteiger partial charge in [0.1, 0.15) is 12.4 Å². The molecule has 3 N–H and O–H groups in total. The number of nitrogens with one attached hydrogen (secondary N) is 1. The summed E-state index contributed by atoms with van der Waals surface area (Å²) in [4.78, 5) is 11.9. The van der Waals surface area contributed by atoms with Crippen LogP contribution in [0.1, 0.15) is 6.92 Å². The first-order chi connectivity index (χ1) is 9.73. The minimum Gasteiger partial charge on any atom is -0.490 e. The summed E-state index contributed by atoms with van der Waals surface area (Å²) in [5.74, 6) is -0.358. The van der Waals surface area contributed by atoms with Crippen molar-refractivity contribution >= 4 is 33.0 Å². The van der Waals surface area contributed by atoms with Crippen LogP contribution in [-0.2, 0) is 14.6 Å². The average Bonchev–Trinajstić information content (AvgIpc) is 2.38. The molecule has 21 heavy (non-hydrogen) atoms. The van der Waals surface area contributed by atoms with E-state index in [9.17, 15) is 13.2 Å². The van der Waals surface area contributed by atoms with Crippen LogP contribution < -0.4 is 15.8 Å². The van der Waals surface area contributed by atoms with Crippen LogP contribution in [0.2, 0.25) is 5.02 Å². The quantitative estimate of drug-likeness (QED) is 0.783. The van der Waals surface area contributed by atoms with E-state index in [2.05, 4.69) is 5.32 Å². The lowest BCUT2D eigenvalue weighted by Crippen LogP contribution is -2.27. The summed E-state index contributed by atoms with van der Waals surface area (Å²) in [6.45, 7) is 1.91. The number of rotatable bonds is 7. The average molecular weight is 335 g/mol. The van der Waals surface area contributed by atoms with Crippen LogP contribution in [0.3, 0.4) is 0 Å². The summed E-state index contributed by atoms with van der Waals surface area (Å²) < 4.78 is 27.6. The van der Waals surface area contributed by atoms with Crippen molar-refractivity contribution in [2.24, 2.45) is 11.7 Å². The molecule has 1 atom stereocenters. The van der Waals surface area contributed by atoms with Gasteiger partial charge in [-0.15, -0.1) is 0 Å². The summed E-state index contributed by atoms with van der Waals surface area (Å²) in [5, 5.41) is 3.10. The number of carbonyl (C=O) groups excluding carboxylic acids is 1. The fourth-order valence-electron chi connectivity index (χ4n) is 1.39. The Morgan fingerprint density at radius 3 is 2.71 bits per heavy atom. The third kappa shape index (κ3) is 6.33. The lowest BCUT2D eigenvalue weighted by atomic mass is 10.1. The molecule has 0 saturated heterocycles. The highest BCUT2D eigenvalue weighted by atomic mass is 35.5. The van der Waals surface area contributed by atoms with E-state index in [4.69, 9.17) is 22.1 Å². The van der Waals surface area contributed by atoms with Crippen LogP contribution in [-0.4, -0.2) is 39.5 Å². The van der Waals surface area contributed by atoms with E-state index in [1.54, 1.807) is 25.1 Å². The van der Waals surface area contributed by atoms with Gasteiger partial charge in [0.25, 0.3) is 0 Å². The standard InChI is InChI=1S/C13H19ClN2O4S/c1-9(8-15)13(17)16-11-7-10(14)3-4-12(11)20-5-6-21(2,18)19/h3-4,7,9H,5-6,8,15H2,1-2H3,(H,16,17). The van der Waals surface area contributed by atoms with Crippen LogP contribution in [0.5, 0.6) is 5.75 Å². The molecular formula is C13H19ClN2O4S. The lowest BCUT2D eigenvalue weighted by Gasteiger charge is -2.14. The molecule has 6 nitrogen and oxygen atoms in total. The zero-order valence-corrected chi connectivity index (χ0v) is 13.5. The number of benzene rings is 1. The monoisotopic (exact) mass is 334 g/mol. The highest BCUT2D eigenvalue weighted by molar-refractivity contribution is 7.90. The molecule has 0 spiro atoms. The van der Waals surface area contributed by atoms with E-state index in [1.165, 1.54) is 0 Å². The summed E-state index contributed by atoms with van der Waals surface area (Å²) in [6.07, 6.45) is 1.13. The molecule has 1 aromatic rings. The molecule has 0 heterocycles. The molecule has 1 amide bonds. The van der Waals surface area contributed by atoms with Gasteiger partial charge in [-0.25, -0.2) is 8.42 Å². The number of hydrogen-bond donors (Lipinski definition) is 2. The van der Waals surface area contributed by atoms with Crippen molar-refractivity contribution in [3.05, 3.63) is 23.2 Å². The summed E-state index contributed by atoms with van der Waals surface area (Å²) >= 11 is 5.89. The highest BCUT2D eigenvalue weighted by Gasteiger charge is 2.14. The Kier molecular flexibility index (Phi) is 6.44. The molecule has 0 aliphatic rings. The van der Waals surface area contributed by atoms with Gasteiger partial charge in [-0.2, -0.15) is 0 Å². The van der Waals surface area contributed by atoms with E-state index in [-0.39, 0.29) is 30.7 Å². The number of sulfone groups is 1. The maximum absolute atomic E-state index is 11.9. The topological polar surface area (TPSA) is 98.5 Å². The number of hydrogen-bond acceptors (Lipinski definition) is 5. The van der Waals surface area contributed by atoms with E-state index < -0.39 is 9.84 Å². The SMILES string of the molecule is CC(CN)C(=O)Nc1cc(Cl)ccc1OCCS(C)(=O)=O. The highest BCUT2D eigenvalue weighted by Crippen LogP contribution is 2.28. The molecule has 0 aliphatic heterocycles. The minimum absolute atomic E-state index is 0.00419. The molecule has 0 aliphatic carbocycles. The minimum atomic E-state index is -3.11. The molecule has 0 aromatic heterocycles. The van der Waals surface area contributed by atoms with Gasteiger partial charge in [0.2, 0.25) is 5.91 Å².